The summed E-state index contributed by atoms with van der Waals surface area (Å²) in [4.78, 5) is 4.02. The highest BCUT2D eigenvalue weighted by atomic mass is 16.5. The fourth-order valence-corrected chi connectivity index (χ4v) is 0.814. The van der Waals surface area contributed by atoms with Crippen molar-refractivity contribution in [3.63, 3.8) is 0 Å². The summed E-state index contributed by atoms with van der Waals surface area (Å²) in [6.07, 6.45) is 5.46. The predicted octanol–water partition coefficient (Wildman–Crippen LogP) is 0.869. The van der Waals surface area contributed by atoms with Crippen LogP contribution in [0.3, 0.4) is 0 Å². The van der Waals surface area contributed by atoms with Crippen LogP contribution in [-0.2, 0) is 4.74 Å². The quantitative estimate of drug-likeness (QED) is 0.450. The van der Waals surface area contributed by atoms with Gasteiger partial charge in [0, 0.05) is 11.8 Å². The Kier molecular flexibility index (Phi) is 0.592. The van der Waals surface area contributed by atoms with Gasteiger partial charge in [0.15, 0.2) is 0 Å². The van der Waals surface area contributed by atoms with Gasteiger partial charge in [-0.2, -0.15) is 0 Å². The molecule has 8 heavy (non-hydrogen) atoms. The molecule has 2 heteroatoms. The van der Waals surface area contributed by atoms with Crippen LogP contribution in [0.25, 0.3) is 0 Å². The fourth-order valence-electron chi connectivity index (χ4n) is 0.814. The zero-order valence-electron chi connectivity index (χ0n) is 4.29. The standard InChI is InChI=1S/C6H5NO/c1-2-7-6-4-8-3-5(1)6/h1-2,4H,3H2. The molecule has 0 saturated carbocycles. The molecule has 0 atom stereocenters. The van der Waals surface area contributed by atoms with Crippen LogP contribution in [0.15, 0.2) is 28.6 Å². The number of hydrogen-bond acceptors (Lipinski definition) is 2. The maximum absolute atomic E-state index is 4.97. The van der Waals surface area contributed by atoms with E-state index in [2.05, 4.69) is 4.99 Å². The summed E-state index contributed by atoms with van der Waals surface area (Å²) in [5, 5.41) is 0. The number of allylic oxidation sites excluding steroid dienone is 1. The van der Waals surface area contributed by atoms with Crippen LogP contribution < -0.4 is 0 Å². The van der Waals surface area contributed by atoms with E-state index in [4.69, 9.17) is 4.74 Å². The number of aliphatic imine (C=N–C) groups is 1. The lowest BCUT2D eigenvalue weighted by molar-refractivity contribution is 0.301. The summed E-state index contributed by atoms with van der Waals surface area (Å²) in [7, 11) is 0. The van der Waals surface area contributed by atoms with Gasteiger partial charge in [-0.3, -0.25) is 4.99 Å². The molecule has 0 aromatic carbocycles. The minimum Gasteiger partial charge on any atom is -0.494 e. The molecule has 0 saturated heterocycles. The van der Waals surface area contributed by atoms with Crippen molar-refractivity contribution in [1.82, 2.24) is 0 Å². The van der Waals surface area contributed by atoms with E-state index in [0.717, 1.165) is 5.70 Å². The largest absolute Gasteiger partial charge is 0.494 e. The maximum Gasteiger partial charge on any atom is 0.115 e. The zero-order chi connectivity index (χ0) is 5.40. The minimum absolute atomic E-state index is 0.704. The summed E-state index contributed by atoms with van der Waals surface area (Å²) in [5.74, 6) is 0. The fraction of sp³-hybridized carbons (Fsp3) is 0.167. The van der Waals surface area contributed by atoms with E-state index < -0.39 is 0 Å². The van der Waals surface area contributed by atoms with E-state index in [0.29, 0.717) is 6.61 Å². The number of hydrogen-bond donors (Lipinski definition) is 0. The highest BCUT2D eigenvalue weighted by molar-refractivity contribution is 5.79. The molecule has 0 aliphatic carbocycles. The van der Waals surface area contributed by atoms with Crippen LogP contribution in [0.5, 0.6) is 0 Å². The molecule has 2 heterocycles. The van der Waals surface area contributed by atoms with Crippen molar-refractivity contribution < 1.29 is 4.74 Å². The minimum atomic E-state index is 0.704. The maximum atomic E-state index is 4.97. The van der Waals surface area contributed by atoms with Crippen molar-refractivity contribution in [3.05, 3.63) is 23.6 Å². The van der Waals surface area contributed by atoms with Crippen LogP contribution >= 0.6 is 0 Å². The van der Waals surface area contributed by atoms with Gasteiger partial charge in [-0.25, -0.2) is 0 Å². The van der Waals surface area contributed by atoms with E-state index in [1.165, 1.54) is 5.57 Å². The molecule has 0 spiro atoms. The van der Waals surface area contributed by atoms with Crippen molar-refractivity contribution in [2.45, 2.75) is 0 Å². The van der Waals surface area contributed by atoms with E-state index >= 15 is 0 Å². The Labute approximate surface area is 47.2 Å². The smallest absolute Gasteiger partial charge is 0.115 e. The van der Waals surface area contributed by atoms with E-state index in [-0.39, 0.29) is 0 Å². The third-order valence-electron chi connectivity index (χ3n) is 1.25. The normalized spacial score (nSPS) is 22.0. The van der Waals surface area contributed by atoms with Gasteiger partial charge in [-0.1, -0.05) is 0 Å². The van der Waals surface area contributed by atoms with Gasteiger partial charge in [0.05, 0.1) is 0 Å². The Hall–Kier alpha value is -1.05. The molecule has 0 aromatic heterocycles. The lowest BCUT2D eigenvalue weighted by atomic mass is 10.3. The van der Waals surface area contributed by atoms with Crippen LogP contribution in [0.1, 0.15) is 0 Å². The van der Waals surface area contributed by atoms with Crippen LogP contribution in [0.4, 0.5) is 0 Å². The Morgan fingerprint density at radius 1 is 1.62 bits per heavy atom. The van der Waals surface area contributed by atoms with Crippen molar-refractivity contribution in [3.8, 4) is 0 Å². The van der Waals surface area contributed by atoms with E-state index in [1.807, 2.05) is 6.08 Å². The highest BCUT2D eigenvalue weighted by Crippen LogP contribution is 2.21. The Bertz CT molecular complexity index is 201. The van der Waals surface area contributed by atoms with Crippen LogP contribution in [0.2, 0.25) is 0 Å². The Morgan fingerprint density at radius 2 is 2.62 bits per heavy atom. The van der Waals surface area contributed by atoms with Crippen molar-refractivity contribution in [2.24, 2.45) is 4.99 Å². The predicted molar refractivity (Wildman–Crippen MR) is 30.6 cm³/mol. The molecule has 0 aromatic rings. The summed E-state index contributed by atoms with van der Waals surface area (Å²) >= 11 is 0. The molecular formula is C6H5NO. The summed E-state index contributed by atoms with van der Waals surface area (Å²) in [5.41, 5.74) is 2.19. The average Bonchev–Trinajstić information content (AvgIpc) is 2.15. The molecule has 0 bridgehead atoms. The molecule has 2 rings (SSSR count). The second-order valence-electron chi connectivity index (χ2n) is 1.78. The highest BCUT2D eigenvalue weighted by Gasteiger charge is 2.13. The molecule has 0 radical (unpaired) electrons. The lowest BCUT2D eigenvalue weighted by Gasteiger charge is -1.85. The average molecular weight is 107 g/mol. The third kappa shape index (κ3) is 0.346. The van der Waals surface area contributed by atoms with Gasteiger partial charge >= 0.3 is 0 Å². The molecule has 0 fully saturated rings. The van der Waals surface area contributed by atoms with E-state index in [9.17, 15) is 0 Å². The Balaban J connectivity index is 2.49. The zero-order valence-corrected chi connectivity index (χ0v) is 4.29. The third-order valence-corrected chi connectivity index (χ3v) is 1.25. The van der Waals surface area contributed by atoms with Crippen molar-refractivity contribution in [1.29, 1.82) is 0 Å². The number of fused-ring (bicyclic) bond motifs is 1. The first-order chi connectivity index (χ1) is 3.97. The summed E-state index contributed by atoms with van der Waals surface area (Å²) in [6.45, 7) is 0.704. The molecule has 0 amide bonds. The van der Waals surface area contributed by atoms with Crippen LogP contribution in [0, 0.1) is 0 Å². The monoisotopic (exact) mass is 107 g/mol. The van der Waals surface area contributed by atoms with Gasteiger partial charge in [0.1, 0.15) is 18.6 Å². The molecule has 2 aliphatic heterocycles. The molecule has 2 aliphatic rings. The van der Waals surface area contributed by atoms with Gasteiger partial charge < -0.3 is 4.74 Å². The van der Waals surface area contributed by atoms with Crippen molar-refractivity contribution in [2.75, 3.05) is 6.61 Å². The second kappa shape index (κ2) is 1.22. The van der Waals surface area contributed by atoms with Gasteiger partial charge in [0.2, 0.25) is 0 Å². The number of rotatable bonds is 0. The summed E-state index contributed by atoms with van der Waals surface area (Å²) in [6, 6.07) is 0. The van der Waals surface area contributed by atoms with Gasteiger partial charge in [-0.05, 0) is 6.08 Å². The van der Waals surface area contributed by atoms with E-state index in [1.54, 1.807) is 12.5 Å². The van der Waals surface area contributed by atoms with Gasteiger partial charge in [-0.15, -0.1) is 0 Å². The SMILES string of the molecule is C1=NC2=COCC2=C1. The molecule has 0 N–H and O–H groups in total. The summed E-state index contributed by atoms with van der Waals surface area (Å²) < 4.78 is 4.97. The Morgan fingerprint density at radius 3 is 3.50 bits per heavy atom. The topological polar surface area (TPSA) is 21.6 Å². The first-order valence-corrected chi connectivity index (χ1v) is 2.52. The molecular weight excluding hydrogens is 102 g/mol. The number of nitrogens with zero attached hydrogens (tertiary/aromatic N) is 1. The second-order valence-corrected chi connectivity index (χ2v) is 1.78. The first kappa shape index (κ1) is 3.89. The number of ether oxygens (including phenoxy) is 1. The molecule has 40 valence electrons. The molecule has 2 nitrogen and oxygen atoms in total. The van der Waals surface area contributed by atoms with Crippen molar-refractivity contribution >= 4 is 6.21 Å². The van der Waals surface area contributed by atoms with Crippen LogP contribution in [-0.4, -0.2) is 12.8 Å². The lowest BCUT2D eigenvalue weighted by Crippen LogP contribution is -1.80. The van der Waals surface area contributed by atoms with Gasteiger partial charge in [0.25, 0.3) is 0 Å². The molecule has 0 unspecified atom stereocenters. The first-order valence-electron chi connectivity index (χ1n) is 2.52.